The Bertz CT molecular complexity index is 1370. The van der Waals surface area contributed by atoms with Crippen molar-refractivity contribution >= 4 is 22.3 Å². The Hall–Kier alpha value is -3.81. The molecule has 32 heavy (non-hydrogen) atoms. The van der Waals surface area contributed by atoms with Crippen LogP contribution >= 0.6 is 0 Å². The van der Waals surface area contributed by atoms with Gasteiger partial charge in [-0.25, -0.2) is 13.8 Å². The van der Waals surface area contributed by atoms with Gasteiger partial charge in [0.25, 0.3) is 0 Å². The molecule has 5 rings (SSSR count). The number of pyridine rings is 2. The van der Waals surface area contributed by atoms with Crippen molar-refractivity contribution in [2.24, 2.45) is 4.99 Å². The lowest BCUT2D eigenvalue weighted by Gasteiger charge is -2.09. The van der Waals surface area contributed by atoms with Crippen LogP contribution in [0.25, 0.3) is 27.9 Å². The van der Waals surface area contributed by atoms with Gasteiger partial charge in [-0.15, -0.1) is 5.10 Å². The number of benzene rings is 1. The van der Waals surface area contributed by atoms with Crippen LogP contribution < -0.4 is 0 Å². The normalized spacial score (nSPS) is 13.5. The summed E-state index contributed by atoms with van der Waals surface area (Å²) in [5, 5.41) is 8.45. The zero-order chi connectivity index (χ0) is 22.1. The van der Waals surface area contributed by atoms with Crippen molar-refractivity contribution in [1.29, 1.82) is 0 Å². The number of hydrogen-bond donors (Lipinski definition) is 0. The van der Waals surface area contributed by atoms with Gasteiger partial charge in [-0.2, -0.15) is 0 Å². The first-order valence-electron chi connectivity index (χ1n) is 10.5. The number of aliphatic imine (C=N–C) groups is 1. The molecule has 0 unspecified atom stereocenters. The number of hydrogen-bond acceptors (Lipinski definition) is 5. The van der Waals surface area contributed by atoms with Gasteiger partial charge in [0.2, 0.25) is 0 Å². The van der Waals surface area contributed by atoms with E-state index in [-0.39, 0.29) is 0 Å². The summed E-state index contributed by atoms with van der Waals surface area (Å²) in [5.74, 6) is -1.78. The fourth-order valence-corrected chi connectivity index (χ4v) is 3.68. The van der Waals surface area contributed by atoms with E-state index < -0.39 is 11.6 Å². The van der Waals surface area contributed by atoms with E-state index in [2.05, 4.69) is 27.2 Å². The number of fused-ring (bicyclic) bond motifs is 1. The minimum Gasteiger partial charge on any atom is -0.280 e. The van der Waals surface area contributed by atoms with E-state index in [1.807, 2.05) is 35.2 Å². The first-order valence-corrected chi connectivity index (χ1v) is 10.5. The fourth-order valence-electron chi connectivity index (χ4n) is 3.68. The predicted octanol–water partition coefficient (Wildman–Crippen LogP) is 4.85. The van der Waals surface area contributed by atoms with Gasteiger partial charge in [0.15, 0.2) is 11.6 Å². The fraction of sp³-hybridized carbons (Fsp3) is 0.208. The summed E-state index contributed by atoms with van der Waals surface area (Å²) in [5.41, 5.74) is 5.63. The van der Waals surface area contributed by atoms with Crippen LogP contribution in [0.15, 0.2) is 59.9 Å². The average molecular weight is 430 g/mol. The van der Waals surface area contributed by atoms with Crippen LogP contribution in [-0.4, -0.2) is 37.2 Å². The van der Waals surface area contributed by atoms with E-state index in [0.29, 0.717) is 29.0 Å². The Kier molecular flexibility index (Phi) is 5.26. The molecule has 0 amide bonds. The predicted molar refractivity (Wildman–Crippen MR) is 119 cm³/mol. The Balaban J connectivity index is 1.48. The number of unbranched alkanes of at least 4 members (excludes halogenated alkanes) is 1. The van der Waals surface area contributed by atoms with Crippen LogP contribution in [0, 0.1) is 11.6 Å². The summed E-state index contributed by atoms with van der Waals surface area (Å²) in [6.45, 7) is 3.42. The molecule has 1 aromatic carbocycles. The third kappa shape index (κ3) is 3.79. The first kappa shape index (κ1) is 20.1. The molecule has 8 heteroatoms. The molecule has 6 nitrogen and oxygen atoms in total. The molecular weight excluding hydrogens is 410 g/mol. The molecule has 4 aromatic rings. The van der Waals surface area contributed by atoms with Crippen molar-refractivity contribution < 1.29 is 8.78 Å². The van der Waals surface area contributed by atoms with Crippen LogP contribution in [0.2, 0.25) is 0 Å². The third-order valence-electron chi connectivity index (χ3n) is 5.38. The van der Waals surface area contributed by atoms with Crippen LogP contribution in [0.5, 0.6) is 0 Å². The van der Waals surface area contributed by atoms with Crippen LogP contribution in [-0.2, 0) is 6.54 Å². The van der Waals surface area contributed by atoms with Gasteiger partial charge in [0, 0.05) is 29.4 Å². The number of halogens is 2. The summed E-state index contributed by atoms with van der Waals surface area (Å²) in [6.07, 6.45) is 7.74. The molecule has 160 valence electrons. The number of allylic oxidation sites excluding steroid dienone is 1. The van der Waals surface area contributed by atoms with Gasteiger partial charge < -0.3 is 0 Å². The second kappa shape index (κ2) is 8.37. The SMILES string of the molecule is CCCCn1cc(-c2cnc3ccc(C4=CCN=C4c4ccc(F)c(F)c4)nc3c2)nn1. The summed E-state index contributed by atoms with van der Waals surface area (Å²) in [4.78, 5) is 13.8. The monoisotopic (exact) mass is 430 g/mol. The number of nitrogens with zero attached hydrogens (tertiary/aromatic N) is 6. The van der Waals surface area contributed by atoms with Gasteiger partial charge in [-0.05, 0) is 42.8 Å². The molecule has 0 atom stereocenters. The van der Waals surface area contributed by atoms with Gasteiger partial charge in [-0.1, -0.05) is 24.6 Å². The van der Waals surface area contributed by atoms with Crippen molar-refractivity contribution in [3.63, 3.8) is 0 Å². The van der Waals surface area contributed by atoms with Crippen molar-refractivity contribution in [3.05, 3.63) is 77.8 Å². The minimum atomic E-state index is -0.899. The van der Waals surface area contributed by atoms with E-state index in [0.717, 1.165) is 53.9 Å². The highest BCUT2D eigenvalue weighted by Gasteiger charge is 2.19. The summed E-state index contributed by atoms with van der Waals surface area (Å²) >= 11 is 0. The highest BCUT2D eigenvalue weighted by molar-refractivity contribution is 6.32. The highest BCUT2D eigenvalue weighted by atomic mass is 19.2. The van der Waals surface area contributed by atoms with Crippen molar-refractivity contribution in [1.82, 2.24) is 25.0 Å². The smallest absolute Gasteiger partial charge is 0.159 e. The van der Waals surface area contributed by atoms with Gasteiger partial charge >= 0.3 is 0 Å². The molecule has 0 saturated heterocycles. The van der Waals surface area contributed by atoms with Crippen LogP contribution in [0.3, 0.4) is 0 Å². The Morgan fingerprint density at radius 3 is 2.72 bits per heavy atom. The largest absolute Gasteiger partial charge is 0.280 e. The molecule has 0 saturated carbocycles. The standard InChI is InChI=1S/C24H20F2N6/c1-2-3-10-32-14-23(30-31-32)16-12-22-21(28-13-16)7-6-20(29-22)17-8-9-27-24(17)15-4-5-18(25)19(26)11-15/h4-8,11-14H,2-3,9-10H2,1H3. The molecule has 0 fully saturated rings. The second-order valence-electron chi connectivity index (χ2n) is 7.62. The second-order valence-corrected chi connectivity index (χ2v) is 7.62. The molecule has 0 spiro atoms. The lowest BCUT2D eigenvalue weighted by molar-refractivity contribution is 0.508. The Labute approximate surface area is 183 Å². The molecule has 0 bridgehead atoms. The maximum Gasteiger partial charge on any atom is 0.159 e. The molecule has 3 aromatic heterocycles. The van der Waals surface area contributed by atoms with E-state index in [4.69, 9.17) is 4.98 Å². The Morgan fingerprint density at radius 1 is 0.969 bits per heavy atom. The maximum absolute atomic E-state index is 13.8. The van der Waals surface area contributed by atoms with Gasteiger partial charge in [0.1, 0.15) is 5.69 Å². The topological polar surface area (TPSA) is 68.8 Å². The molecule has 0 N–H and O–H groups in total. The van der Waals surface area contributed by atoms with E-state index in [9.17, 15) is 8.78 Å². The summed E-state index contributed by atoms with van der Waals surface area (Å²) < 4.78 is 29.0. The van der Waals surface area contributed by atoms with E-state index in [1.165, 1.54) is 6.07 Å². The van der Waals surface area contributed by atoms with Gasteiger partial charge in [0.05, 0.1) is 35.2 Å². The third-order valence-corrected chi connectivity index (χ3v) is 5.38. The lowest BCUT2D eigenvalue weighted by Crippen LogP contribution is -2.04. The van der Waals surface area contributed by atoms with Crippen LogP contribution in [0.1, 0.15) is 31.0 Å². The number of aromatic nitrogens is 5. The van der Waals surface area contributed by atoms with E-state index in [1.54, 1.807) is 6.20 Å². The first-order chi connectivity index (χ1) is 15.6. The highest BCUT2D eigenvalue weighted by Crippen LogP contribution is 2.27. The molecular formula is C24H20F2N6. The average Bonchev–Trinajstić information content (AvgIpc) is 3.49. The molecule has 4 heterocycles. The summed E-state index contributed by atoms with van der Waals surface area (Å²) in [6, 6.07) is 9.49. The Morgan fingerprint density at radius 2 is 1.88 bits per heavy atom. The van der Waals surface area contributed by atoms with E-state index >= 15 is 0 Å². The lowest BCUT2D eigenvalue weighted by atomic mass is 10.00. The van der Waals surface area contributed by atoms with Crippen molar-refractivity contribution in [2.45, 2.75) is 26.3 Å². The zero-order valence-electron chi connectivity index (χ0n) is 17.5. The molecule has 1 aliphatic heterocycles. The molecule has 0 aliphatic carbocycles. The molecule has 1 aliphatic rings. The quantitative estimate of drug-likeness (QED) is 0.438. The summed E-state index contributed by atoms with van der Waals surface area (Å²) in [7, 11) is 0. The maximum atomic E-state index is 13.8. The van der Waals surface area contributed by atoms with Gasteiger partial charge in [-0.3, -0.25) is 14.7 Å². The zero-order valence-corrected chi connectivity index (χ0v) is 17.5. The van der Waals surface area contributed by atoms with Crippen molar-refractivity contribution in [3.8, 4) is 11.3 Å². The van der Waals surface area contributed by atoms with Crippen LogP contribution in [0.4, 0.5) is 8.78 Å². The number of rotatable bonds is 6. The molecule has 0 radical (unpaired) electrons. The van der Waals surface area contributed by atoms with Crippen molar-refractivity contribution in [2.75, 3.05) is 6.54 Å². The minimum absolute atomic E-state index is 0.461. The number of aryl methyl sites for hydroxylation is 1.